The average Bonchev–Trinajstić information content (AvgIpc) is 2.32. The third-order valence-electron chi connectivity index (χ3n) is 3.19. The van der Waals surface area contributed by atoms with Crippen molar-refractivity contribution in [1.82, 2.24) is 0 Å². The van der Waals surface area contributed by atoms with Gasteiger partial charge in [-0.05, 0) is 48.7 Å². The first kappa shape index (κ1) is 14.8. The van der Waals surface area contributed by atoms with E-state index in [-0.39, 0.29) is 0 Å². The van der Waals surface area contributed by atoms with Crippen molar-refractivity contribution in [2.45, 2.75) is 26.4 Å². The highest BCUT2D eigenvalue weighted by Crippen LogP contribution is 2.27. The monoisotopic (exact) mass is 382 g/mol. The molecule has 1 N–H and O–H groups in total. The molecule has 0 aliphatic rings. The van der Waals surface area contributed by atoms with Crippen molar-refractivity contribution in [2.75, 3.05) is 0 Å². The SMILES string of the molecule is Cc1ccc(C)c(CC(O)c2cc(Br)cc(Br)c2)c1. The maximum atomic E-state index is 10.4. The molecule has 0 saturated carbocycles. The van der Waals surface area contributed by atoms with E-state index in [4.69, 9.17) is 0 Å². The Hall–Kier alpha value is -0.640. The van der Waals surface area contributed by atoms with E-state index in [1.54, 1.807) is 0 Å². The molecule has 2 rings (SSSR count). The Morgan fingerprint density at radius 2 is 1.63 bits per heavy atom. The minimum Gasteiger partial charge on any atom is -0.388 e. The van der Waals surface area contributed by atoms with E-state index in [1.807, 2.05) is 18.2 Å². The Morgan fingerprint density at radius 3 is 2.26 bits per heavy atom. The van der Waals surface area contributed by atoms with Crippen LogP contribution < -0.4 is 0 Å². The first-order chi connectivity index (χ1) is 8.95. The topological polar surface area (TPSA) is 20.2 Å². The molecule has 2 aromatic rings. The number of benzene rings is 2. The molecule has 100 valence electrons. The van der Waals surface area contributed by atoms with Gasteiger partial charge in [0.15, 0.2) is 0 Å². The molecule has 3 heteroatoms. The number of halogens is 2. The number of rotatable bonds is 3. The third kappa shape index (κ3) is 3.91. The predicted octanol–water partition coefficient (Wildman–Crippen LogP) is 5.10. The highest BCUT2D eigenvalue weighted by Gasteiger charge is 2.11. The summed E-state index contributed by atoms with van der Waals surface area (Å²) in [5.74, 6) is 0. The molecule has 1 atom stereocenters. The molecule has 0 spiro atoms. The van der Waals surface area contributed by atoms with Crippen molar-refractivity contribution in [3.05, 3.63) is 67.6 Å². The first-order valence-electron chi connectivity index (χ1n) is 6.16. The Bertz CT molecular complexity index is 573. The van der Waals surface area contributed by atoms with E-state index < -0.39 is 6.10 Å². The van der Waals surface area contributed by atoms with Crippen LogP contribution in [-0.2, 0) is 6.42 Å². The van der Waals surface area contributed by atoms with Crippen molar-refractivity contribution in [3.63, 3.8) is 0 Å². The van der Waals surface area contributed by atoms with Gasteiger partial charge in [0.1, 0.15) is 0 Å². The van der Waals surface area contributed by atoms with Gasteiger partial charge >= 0.3 is 0 Å². The number of aliphatic hydroxyl groups excluding tert-OH is 1. The van der Waals surface area contributed by atoms with E-state index in [0.717, 1.165) is 14.5 Å². The zero-order valence-electron chi connectivity index (χ0n) is 11.0. The van der Waals surface area contributed by atoms with Gasteiger partial charge in [0.05, 0.1) is 6.10 Å². The highest BCUT2D eigenvalue weighted by atomic mass is 79.9. The van der Waals surface area contributed by atoms with E-state index in [9.17, 15) is 5.11 Å². The second kappa shape index (κ2) is 6.21. The first-order valence-corrected chi connectivity index (χ1v) is 7.74. The third-order valence-corrected chi connectivity index (χ3v) is 4.10. The summed E-state index contributed by atoms with van der Waals surface area (Å²) in [6.45, 7) is 4.16. The molecule has 2 aromatic carbocycles. The lowest BCUT2D eigenvalue weighted by Crippen LogP contribution is -2.03. The van der Waals surface area contributed by atoms with Crippen molar-refractivity contribution in [1.29, 1.82) is 0 Å². The maximum absolute atomic E-state index is 10.4. The number of aliphatic hydroxyl groups is 1. The van der Waals surface area contributed by atoms with Crippen molar-refractivity contribution in [3.8, 4) is 0 Å². The molecule has 0 aromatic heterocycles. The van der Waals surface area contributed by atoms with Crippen LogP contribution in [0.2, 0.25) is 0 Å². The summed E-state index contributed by atoms with van der Waals surface area (Å²) in [7, 11) is 0. The molecule has 0 fully saturated rings. The minimum absolute atomic E-state index is 0.491. The van der Waals surface area contributed by atoms with Gasteiger partial charge in [-0.3, -0.25) is 0 Å². The summed E-state index contributed by atoms with van der Waals surface area (Å²) >= 11 is 6.90. The van der Waals surface area contributed by atoms with Gasteiger partial charge in [-0.15, -0.1) is 0 Å². The molecule has 0 radical (unpaired) electrons. The largest absolute Gasteiger partial charge is 0.388 e. The van der Waals surface area contributed by atoms with Crippen LogP contribution in [0.1, 0.15) is 28.4 Å². The molecule has 0 heterocycles. The fourth-order valence-corrected chi connectivity index (χ4v) is 3.44. The summed E-state index contributed by atoms with van der Waals surface area (Å²) < 4.78 is 1.94. The van der Waals surface area contributed by atoms with Crippen molar-refractivity contribution < 1.29 is 5.11 Å². The molecular formula is C16H16Br2O. The maximum Gasteiger partial charge on any atom is 0.0831 e. The van der Waals surface area contributed by atoms with Crippen molar-refractivity contribution >= 4 is 31.9 Å². The Kier molecular flexibility index (Phi) is 4.82. The summed E-state index contributed by atoms with van der Waals surface area (Å²) in [6, 6.07) is 12.2. The number of hydrogen-bond donors (Lipinski definition) is 1. The lowest BCUT2D eigenvalue weighted by Gasteiger charge is -2.14. The van der Waals surface area contributed by atoms with Crippen LogP contribution in [0.5, 0.6) is 0 Å². The molecular weight excluding hydrogens is 368 g/mol. The molecule has 1 nitrogen and oxygen atoms in total. The minimum atomic E-state index is -0.491. The second-order valence-electron chi connectivity index (χ2n) is 4.85. The van der Waals surface area contributed by atoms with E-state index in [2.05, 4.69) is 63.9 Å². The van der Waals surface area contributed by atoms with Crippen LogP contribution in [0.3, 0.4) is 0 Å². The highest BCUT2D eigenvalue weighted by molar-refractivity contribution is 9.11. The Balaban J connectivity index is 2.25. The van der Waals surface area contributed by atoms with Crippen molar-refractivity contribution in [2.24, 2.45) is 0 Å². The van der Waals surface area contributed by atoms with Gasteiger partial charge in [-0.25, -0.2) is 0 Å². The molecule has 0 amide bonds. The lowest BCUT2D eigenvalue weighted by molar-refractivity contribution is 0.178. The molecule has 0 bridgehead atoms. The van der Waals surface area contributed by atoms with Crippen LogP contribution in [-0.4, -0.2) is 5.11 Å². The zero-order valence-corrected chi connectivity index (χ0v) is 14.1. The van der Waals surface area contributed by atoms with Crippen LogP contribution in [0.4, 0.5) is 0 Å². The van der Waals surface area contributed by atoms with Crippen LogP contribution in [0.25, 0.3) is 0 Å². The smallest absolute Gasteiger partial charge is 0.0831 e. The zero-order chi connectivity index (χ0) is 14.0. The fourth-order valence-electron chi connectivity index (χ4n) is 2.11. The average molecular weight is 384 g/mol. The summed E-state index contributed by atoms with van der Waals surface area (Å²) in [4.78, 5) is 0. The summed E-state index contributed by atoms with van der Waals surface area (Å²) in [5, 5.41) is 10.4. The lowest BCUT2D eigenvalue weighted by atomic mass is 9.97. The number of aryl methyl sites for hydroxylation is 2. The predicted molar refractivity (Wildman–Crippen MR) is 86.4 cm³/mol. The number of hydrogen-bond acceptors (Lipinski definition) is 1. The Morgan fingerprint density at radius 1 is 1.00 bits per heavy atom. The summed E-state index contributed by atoms with van der Waals surface area (Å²) in [5.41, 5.74) is 4.56. The van der Waals surface area contributed by atoms with Gasteiger partial charge in [0.25, 0.3) is 0 Å². The van der Waals surface area contributed by atoms with Gasteiger partial charge < -0.3 is 5.11 Å². The quantitative estimate of drug-likeness (QED) is 0.781. The van der Waals surface area contributed by atoms with Crippen LogP contribution in [0, 0.1) is 13.8 Å². The van der Waals surface area contributed by atoms with E-state index in [0.29, 0.717) is 6.42 Å². The molecule has 0 aliphatic carbocycles. The van der Waals surface area contributed by atoms with Gasteiger partial charge in [-0.2, -0.15) is 0 Å². The Labute approximate surface area is 130 Å². The van der Waals surface area contributed by atoms with Crippen LogP contribution >= 0.6 is 31.9 Å². The fraction of sp³-hybridized carbons (Fsp3) is 0.250. The van der Waals surface area contributed by atoms with Gasteiger partial charge in [0.2, 0.25) is 0 Å². The standard InChI is InChI=1S/C16H16Br2O/c1-10-3-4-11(2)12(5-10)8-16(19)13-6-14(17)9-15(18)7-13/h3-7,9,16,19H,8H2,1-2H3. The van der Waals surface area contributed by atoms with E-state index in [1.165, 1.54) is 16.7 Å². The molecule has 0 aliphatic heterocycles. The second-order valence-corrected chi connectivity index (χ2v) is 6.68. The van der Waals surface area contributed by atoms with Gasteiger partial charge in [-0.1, -0.05) is 55.6 Å². The normalized spacial score (nSPS) is 12.5. The molecule has 19 heavy (non-hydrogen) atoms. The van der Waals surface area contributed by atoms with Gasteiger partial charge in [0, 0.05) is 15.4 Å². The van der Waals surface area contributed by atoms with Crippen LogP contribution in [0.15, 0.2) is 45.3 Å². The molecule has 0 saturated heterocycles. The van der Waals surface area contributed by atoms with E-state index >= 15 is 0 Å². The molecule has 1 unspecified atom stereocenters. The summed E-state index contributed by atoms with van der Waals surface area (Å²) in [6.07, 6.45) is 0.144.